The summed E-state index contributed by atoms with van der Waals surface area (Å²) in [6, 6.07) is 10.6. The van der Waals surface area contributed by atoms with Crippen LogP contribution in [0.15, 0.2) is 40.9 Å². The van der Waals surface area contributed by atoms with Crippen molar-refractivity contribution in [3.63, 3.8) is 0 Å². The molecule has 1 amide bonds. The van der Waals surface area contributed by atoms with E-state index in [-0.39, 0.29) is 12.1 Å². The molecule has 1 aliphatic heterocycles. The van der Waals surface area contributed by atoms with Crippen molar-refractivity contribution in [3.05, 3.63) is 46.7 Å². The van der Waals surface area contributed by atoms with Gasteiger partial charge in [0, 0.05) is 41.1 Å². The van der Waals surface area contributed by atoms with Crippen molar-refractivity contribution in [2.24, 2.45) is 0 Å². The number of aromatic nitrogens is 2. The number of halogens is 2. The van der Waals surface area contributed by atoms with Gasteiger partial charge in [0.05, 0.1) is 24.8 Å². The van der Waals surface area contributed by atoms with Gasteiger partial charge in [0.2, 0.25) is 0 Å². The lowest BCUT2D eigenvalue weighted by molar-refractivity contribution is 0.00977. The summed E-state index contributed by atoms with van der Waals surface area (Å²) in [4.78, 5) is 14.1. The first kappa shape index (κ1) is 25.4. The van der Waals surface area contributed by atoms with E-state index in [0.717, 1.165) is 28.2 Å². The smallest absolute Gasteiger partial charge is 0.410 e. The minimum absolute atomic E-state index is 0.0339. The molecule has 4 rings (SSSR count). The van der Waals surface area contributed by atoms with Gasteiger partial charge >= 0.3 is 6.09 Å². The van der Waals surface area contributed by atoms with Crippen molar-refractivity contribution in [1.29, 1.82) is 0 Å². The molecular weight excluding hydrogens is 517 g/mol. The number of nitrogens with one attached hydrogen (secondary N) is 1. The molecule has 1 aromatic heterocycles. The molecule has 0 radical (unpaired) electrons. The zero-order valence-corrected chi connectivity index (χ0v) is 21.9. The summed E-state index contributed by atoms with van der Waals surface area (Å²) in [5.74, 6) is 0.0688. The highest BCUT2D eigenvalue weighted by Crippen LogP contribution is 2.31. The second kappa shape index (κ2) is 11.0. The van der Waals surface area contributed by atoms with Gasteiger partial charge in [-0.25, -0.2) is 9.18 Å². The number of amides is 1. The number of hydrogen-bond acceptors (Lipinski definition) is 5. The van der Waals surface area contributed by atoms with Crippen LogP contribution in [-0.4, -0.2) is 59.2 Å². The predicted octanol–water partition coefficient (Wildman–Crippen LogP) is 6.32. The summed E-state index contributed by atoms with van der Waals surface area (Å²) in [5.41, 5.74) is 1.31. The highest BCUT2D eigenvalue weighted by Gasteiger charge is 2.32. The Balaban J connectivity index is 1.22. The first-order valence-electron chi connectivity index (χ1n) is 11.8. The molecular formula is C26H31BrFN3O4. The molecule has 0 spiro atoms. The van der Waals surface area contributed by atoms with Gasteiger partial charge in [0.15, 0.2) is 0 Å². The van der Waals surface area contributed by atoms with Crippen molar-refractivity contribution in [3.8, 4) is 17.0 Å². The molecule has 0 saturated carbocycles. The third-order valence-electron chi connectivity index (χ3n) is 5.74. The van der Waals surface area contributed by atoms with Crippen molar-refractivity contribution >= 4 is 32.9 Å². The Bertz CT molecular complexity index is 1180. The van der Waals surface area contributed by atoms with E-state index >= 15 is 0 Å². The van der Waals surface area contributed by atoms with E-state index in [9.17, 15) is 9.18 Å². The van der Waals surface area contributed by atoms with E-state index in [1.807, 2.05) is 39.0 Å². The Morgan fingerprint density at radius 1 is 1.23 bits per heavy atom. The number of fused-ring (bicyclic) bond motifs is 1. The molecule has 2 aromatic carbocycles. The summed E-state index contributed by atoms with van der Waals surface area (Å²) in [7, 11) is 0. The van der Waals surface area contributed by atoms with Crippen LogP contribution in [0.5, 0.6) is 5.75 Å². The Hall–Kier alpha value is -2.65. The van der Waals surface area contributed by atoms with E-state index < -0.39 is 11.4 Å². The minimum Gasteiger partial charge on any atom is -0.493 e. The Labute approximate surface area is 213 Å². The minimum atomic E-state index is -0.510. The number of nitrogens with zero attached hydrogens (tertiary/aromatic N) is 2. The Morgan fingerprint density at radius 2 is 2.06 bits per heavy atom. The first-order chi connectivity index (χ1) is 16.7. The Kier molecular flexibility index (Phi) is 7.96. The molecule has 3 aromatic rings. The average molecular weight is 548 g/mol. The Morgan fingerprint density at radius 3 is 2.83 bits per heavy atom. The lowest BCUT2D eigenvalue weighted by atomic mass is 10.1. The summed E-state index contributed by atoms with van der Waals surface area (Å²) >= 11 is 3.43. The fourth-order valence-electron chi connectivity index (χ4n) is 4.12. The fourth-order valence-corrected chi connectivity index (χ4v) is 4.48. The van der Waals surface area contributed by atoms with Crippen molar-refractivity contribution in [2.45, 2.75) is 51.7 Å². The summed E-state index contributed by atoms with van der Waals surface area (Å²) in [5, 5.41) is 8.08. The van der Waals surface area contributed by atoms with Gasteiger partial charge < -0.3 is 19.1 Å². The largest absolute Gasteiger partial charge is 0.493 e. The van der Waals surface area contributed by atoms with E-state index in [1.165, 1.54) is 6.07 Å². The molecule has 1 saturated heterocycles. The van der Waals surface area contributed by atoms with Gasteiger partial charge in [-0.3, -0.25) is 5.10 Å². The molecule has 0 aliphatic carbocycles. The highest BCUT2D eigenvalue weighted by atomic mass is 79.9. The molecule has 0 bridgehead atoms. The number of likely N-dealkylation sites (tertiary alicyclic amines) is 1. The molecule has 1 aliphatic rings. The van der Waals surface area contributed by atoms with Gasteiger partial charge in [0.1, 0.15) is 22.9 Å². The number of aromatic amines is 1. The maximum absolute atomic E-state index is 14.8. The lowest BCUT2D eigenvalue weighted by Crippen LogP contribution is -2.41. The normalized spacial score (nSPS) is 16.1. The molecule has 7 nitrogen and oxygen atoms in total. The third kappa shape index (κ3) is 6.52. The summed E-state index contributed by atoms with van der Waals surface area (Å²) in [6.45, 7) is 7.65. The quantitative estimate of drug-likeness (QED) is 0.334. The topological polar surface area (TPSA) is 76.7 Å². The highest BCUT2D eigenvalue weighted by molar-refractivity contribution is 9.10. The van der Waals surface area contributed by atoms with Crippen LogP contribution in [0.25, 0.3) is 22.2 Å². The number of carbonyl (C=O) groups is 1. The first-order valence-corrected chi connectivity index (χ1v) is 12.6. The molecule has 2 heterocycles. The zero-order valence-electron chi connectivity index (χ0n) is 20.3. The second-order valence-electron chi connectivity index (χ2n) is 9.65. The molecule has 0 unspecified atom stereocenters. The van der Waals surface area contributed by atoms with Gasteiger partial charge in [-0.1, -0.05) is 15.9 Å². The summed E-state index contributed by atoms with van der Waals surface area (Å²) < 4.78 is 32.7. The van der Waals surface area contributed by atoms with Crippen molar-refractivity contribution < 1.29 is 23.4 Å². The molecule has 1 N–H and O–H groups in total. The number of H-pyrrole nitrogens is 1. The van der Waals surface area contributed by atoms with Crippen LogP contribution in [0.4, 0.5) is 9.18 Å². The summed E-state index contributed by atoms with van der Waals surface area (Å²) in [6.07, 6.45) is 2.22. The fraction of sp³-hybridized carbons (Fsp3) is 0.462. The van der Waals surface area contributed by atoms with Crippen molar-refractivity contribution in [1.82, 2.24) is 15.1 Å². The van der Waals surface area contributed by atoms with Crippen molar-refractivity contribution in [2.75, 3.05) is 26.4 Å². The number of hydrogen-bond donors (Lipinski definition) is 1. The lowest BCUT2D eigenvalue weighted by Gasteiger charge is -2.28. The zero-order chi connectivity index (χ0) is 25.0. The molecule has 35 heavy (non-hydrogen) atoms. The number of carbonyl (C=O) groups excluding carboxylic acids is 1. The molecule has 1 atom stereocenters. The van der Waals surface area contributed by atoms with Gasteiger partial charge in [-0.05, 0) is 63.9 Å². The third-order valence-corrected chi connectivity index (χ3v) is 6.23. The van der Waals surface area contributed by atoms with Crippen LogP contribution >= 0.6 is 15.9 Å². The van der Waals surface area contributed by atoms with E-state index in [2.05, 4.69) is 26.1 Å². The predicted molar refractivity (Wildman–Crippen MR) is 136 cm³/mol. The average Bonchev–Trinajstić information content (AvgIpc) is 3.42. The number of benzene rings is 2. The van der Waals surface area contributed by atoms with Crippen LogP contribution in [-0.2, 0) is 9.47 Å². The second-order valence-corrected chi connectivity index (χ2v) is 10.6. The monoisotopic (exact) mass is 547 g/mol. The molecule has 1 fully saturated rings. The van der Waals surface area contributed by atoms with Crippen LogP contribution in [0.3, 0.4) is 0 Å². The van der Waals surface area contributed by atoms with Crippen LogP contribution in [0.1, 0.15) is 40.0 Å². The van der Waals surface area contributed by atoms with Gasteiger partial charge in [-0.2, -0.15) is 5.10 Å². The SMILES string of the molecule is CC(C)(C)OC(=O)N1CCC[C@@H]1COCCCOc1ccc(-c2n[nH]c3cc(Br)ccc23)c(F)c1. The van der Waals surface area contributed by atoms with Gasteiger partial charge in [-0.15, -0.1) is 0 Å². The standard InChI is InChI=1S/C26H31BrFN3O4/c1-26(2,3)35-25(32)31-11-4-6-18(31)16-33-12-5-13-34-19-8-10-20(22(28)15-19)24-21-9-7-17(27)14-23(21)29-30-24/h7-10,14-15,18H,4-6,11-13,16H2,1-3H3,(H,29,30)/t18-/m1/s1. The van der Waals surface area contributed by atoms with E-state index in [4.69, 9.17) is 14.2 Å². The molecule has 9 heteroatoms. The van der Waals surface area contributed by atoms with E-state index in [0.29, 0.717) is 49.8 Å². The maximum Gasteiger partial charge on any atom is 0.410 e. The number of ether oxygens (including phenoxy) is 3. The number of rotatable bonds is 8. The van der Waals surface area contributed by atoms with Crippen LogP contribution < -0.4 is 4.74 Å². The van der Waals surface area contributed by atoms with Crippen LogP contribution in [0.2, 0.25) is 0 Å². The molecule has 188 valence electrons. The van der Waals surface area contributed by atoms with Gasteiger partial charge in [0.25, 0.3) is 0 Å². The maximum atomic E-state index is 14.8. The van der Waals surface area contributed by atoms with Crippen LogP contribution in [0, 0.1) is 5.82 Å². The van der Waals surface area contributed by atoms with E-state index in [1.54, 1.807) is 17.0 Å².